The van der Waals surface area contributed by atoms with E-state index < -0.39 is 0 Å². The summed E-state index contributed by atoms with van der Waals surface area (Å²) < 4.78 is 0.849. The van der Waals surface area contributed by atoms with Crippen molar-refractivity contribution >= 4 is 39.1 Å². The van der Waals surface area contributed by atoms with Crippen LogP contribution in [-0.2, 0) is 4.79 Å². The molecule has 1 heterocycles. The molecule has 0 aromatic heterocycles. The number of hydrogen-bond donors (Lipinski definition) is 1. The first-order valence-corrected chi connectivity index (χ1v) is 5.28. The Labute approximate surface area is 95.0 Å². The highest BCUT2D eigenvalue weighted by molar-refractivity contribution is 9.10. The molecule has 0 aliphatic carbocycles. The Bertz CT molecular complexity index is 396. The van der Waals surface area contributed by atoms with Crippen molar-refractivity contribution in [3.63, 3.8) is 0 Å². The van der Waals surface area contributed by atoms with Crippen LogP contribution in [0.2, 0.25) is 5.02 Å². The summed E-state index contributed by atoms with van der Waals surface area (Å²) in [7, 11) is 0. The lowest BCUT2D eigenvalue weighted by Crippen LogP contribution is -2.61. The van der Waals surface area contributed by atoms with Crippen LogP contribution in [0.25, 0.3) is 0 Å². The molecule has 0 spiro atoms. The molecule has 74 valence electrons. The third-order valence-corrected chi connectivity index (χ3v) is 3.07. The standard InChI is InChI=1S/C9H8BrClN2O/c10-6-2-1-5(11)3-8(6)13-4-7(12)9(13)14/h1-3,7H,4,12H2. The maximum absolute atomic E-state index is 11.4. The third-order valence-electron chi connectivity index (χ3n) is 2.16. The van der Waals surface area contributed by atoms with Gasteiger partial charge >= 0.3 is 0 Å². The average molecular weight is 276 g/mol. The molecule has 0 bridgehead atoms. The van der Waals surface area contributed by atoms with Crippen LogP contribution >= 0.6 is 27.5 Å². The number of nitrogens with zero attached hydrogens (tertiary/aromatic N) is 1. The molecule has 3 nitrogen and oxygen atoms in total. The summed E-state index contributed by atoms with van der Waals surface area (Å²) >= 11 is 9.20. The molecule has 0 radical (unpaired) electrons. The Morgan fingerprint density at radius 1 is 1.57 bits per heavy atom. The van der Waals surface area contributed by atoms with E-state index in [1.165, 1.54) is 0 Å². The van der Waals surface area contributed by atoms with Crippen LogP contribution in [-0.4, -0.2) is 18.5 Å². The van der Waals surface area contributed by atoms with Gasteiger partial charge in [0.15, 0.2) is 0 Å². The first-order chi connectivity index (χ1) is 6.59. The van der Waals surface area contributed by atoms with Crippen LogP contribution in [0.5, 0.6) is 0 Å². The molecule has 0 saturated carbocycles. The summed E-state index contributed by atoms with van der Waals surface area (Å²) in [6.07, 6.45) is 0. The van der Waals surface area contributed by atoms with Crippen LogP contribution in [0.15, 0.2) is 22.7 Å². The van der Waals surface area contributed by atoms with E-state index in [1.54, 1.807) is 17.0 Å². The lowest BCUT2D eigenvalue weighted by atomic mass is 10.1. The maximum atomic E-state index is 11.4. The molecule has 1 aliphatic rings. The van der Waals surface area contributed by atoms with E-state index >= 15 is 0 Å². The van der Waals surface area contributed by atoms with Crippen LogP contribution < -0.4 is 10.6 Å². The van der Waals surface area contributed by atoms with E-state index in [9.17, 15) is 4.79 Å². The van der Waals surface area contributed by atoms with Gasteiger partial charge in [0.25, 0.3) is 0 Å². The topological polar surface area (TPSA) is 46.3 Å². The monoisotopic (exact) mass is 274 g/mol. The summed E-state index contributed by atoms with van der Waals surface area (Å²) in [6, 6.07) is 4.96. The van der Waals surface area contributed by atoms with Gasteiger partial charge in [0.1, 0.15) is 6.04 Å². The fourth-order valence-electron chi connectivity index (χ4n) is 1.36. The number of benzene rings is 1. The van der Waals surface area contributed by atoms with Gasteiger partial charge in [-0.1, -0.05) is 11.6 Å². The van der Waals surface area contributed by atoms with Gasteiger partial charge in [-0.25, -0.2) is 0 Å². The van der Waals surface area contributed by atoms with Crippen LogP contribution in [0, 0.1) is 0 Å². The number of anilines is 1. The SMILES string of the molecule is NC1CN(c2cc(Cl)ccc2Br)C1=O. The van der Waals surface area contributed by atoms with Crippen molar-refractivity contribution in [3.8, 4) is 0 Å². The van der Waals surface area contributed by atoms with Gasteiger partial charge in [-0.2, -0.15) is 0 Å². The molecule has 1 fully saturated rings. The molecule has 1 amide bonds. The molecular weight excluding hydrogens is 267 g/mol. The highest BCUT2D eigenvalue weighted by Gasteiger charge is 2.35. The molecular formula is C9H8BrClN2O. The number of nitrogens with two attached hydrogens (primary N) is 1. The van der Waals surface area contributed by atoms with E-state index in [1.807, 2.05) is 6.07 Å². The highest BCUT2D eigenvalue weighted by Crippen LogP contribution is 2.32. The van der Waals surface area contributed by atoms with Crippen molar-refractivity contribution in [2.45, 2.75) is 6.04 Å². The number of rotatable bonds is 1. The largest absolute Gasteiger partial charge is 0.318 e. The zero-order valence-electron chi connectivity index (χ0n) is 7.21. The predicted molar refractivity (Wildman–Crippen MR) is 59.5 cm³/mol. The molecule has 2 rings (SSSR count). The zero-order chi connectivity index (χ0) is 10.3. The van der Waals surface area contributed by atoms with E-state index in [4.69, 9.17) is 17.3 Å². The molecule has 1 aromatic rings. The Balaban J connectivity index is 2.33. The Morgan fingerprint density at radius 3 is 2.86 bits per heavy atom. The number of carbonyl (C=O) groups is 1. The normalized spacial score (nSPS) is 20.9. The van der Waals surface area contributed by atoms with Gasteiger partial charge in [0.05, 0.1) is 12.2 Å². The smallest absolute Gasteiger partial charge is 0.245 e. The number of amides is 1. The van der Waals surface area contributed by atoms with Crippen molar-refractivity contribution in [1.29, 1.82) is 0 Å². The molecule has 1 saturated heterocycles. The Morgan fingerprint density at radius 2 is 2.29 bits per heavy atom. The first-order valence-electron chi connectivity index (χ1n) is 4.11. The minimum absolute atomic E-state index is 0.0621. The summed E-state index contributed by atoms with van der Waals surface area (Å²) in [5.41, 5.74) is 6.28. The van der Waals surface area contributed by atoms with E-state index in [-0.39, 0.29) is 11.9 Å². The second-order valence-electron chi connectivity index (χ2n) is 3.15. The van der Waals surface area contributed by atoms with Gasteiger partial charge in [-0.15, -0.1) is 0 Å². The van der Waals surface area contributed by atoms with Crippen LogP contribution in [0.1, 0.15) is 0 Å². The number of hydrogen-bond acceptors (Lipinski definition) is 2. The molecule has 14 heavy (non-hydrogen) atoms. The lowest BCUT2D eigenvalue weighted by Gasteiger charge is -2.36. The van der Waals surface area contributed by atoms with E-state index in [0.717, 1.165) is 10.2 Å². The lowest BCUT2D eigenvalue weighted by molar-refractivity contribution is -0.123. The quantitative estimate of drug-likeness (QED) is 0.794. The van der Waals surface area contributed by atoms with Crippen molar-refractivity contribution in [2.75, 3.05) is 11.4 Å². The van der Waals surface area contributed by atoms with Gasteiger partial charge in [-0.05, 0) is 34.1 Å². The summed E-state index contributed by atoms with van der Waals surface area (Å²) in [4.78, 5) is 13.0. The maximum Gasteiger partial charge on any atom is 0.245 e. The third kappa shape index (κ3) is 1.54. The minimum Gasteiger partial charge on any atom is -0.318 e. The van der Waals surface area contributed by atoms with Gasteiger partial charge in [-0.3, -0.25) is 4.79 Å². The van der Waals surface area contributed by atoms with Gasteiger partial charge < -0.3 is 10.6 Å². The summed E-state index contributed by atoms with van der Waals surface area (Å²) in [5, 5.41) is 0.608. The van der Waals surface area contributed by atoms with E-state index in [0.29, 0.717) is 11.6 Å². The fourth-order valence-corrected chi connectivity index (χ4v) is 1.99. The van der Waals surface area contributed by atoms with Crippen molar-refractivity contribution in [2.24, 2.45) is 5.73 Å². The van der Waals surface area contributed by atoms with Crippen LogP contribution in [0.3, 0.4) is 0 Å². The zero-order valence-corrected chi connectivity index (χ0v) is 9.55. The molecule has 1 unspecified atom stereocenters. The van der Waals surface area contributed by atoms with E-state index in [2.05, 4.69) is 15.9 Å². The van der Waals surface area contributed by atoms with Gasteiger partial charge in [0, 0.05) is 9.50 Å². The average Bonchev–Trinajstić information content (AvgIpc) is 2.18. The second-order valence-corrected chi connectivity index (χ2v) is 4.44. The predicted octanol–water partition coefficient (Wildman–Crippen LogP) is 1.78. The molecule has 1 aliphatic heterocycles. The van der Waals surface area contributed by atoms with Crippen molar-refractivity contribution in [1.82, 2.24) is 0 Å². The minimum atomic E-state index is -0.360. The highest BCUT2D eigenvalue weighted by atomic mass is 79.9. The number of halogens is 2. The van der Waals surface area contributed by atoms with Crippen molar-refractivity contribution in [3.05, 3.63) is 27.7 Å². The Hall–Kier alpha value is -0.580. The first kappa shape index (κ1) is 9.96. The van der Waals surface area contributed by atoms with Crippen molar-refractivity contribution < 1.29 is 4.79 Å². The second kappa shape index (κ2) is 3.53. The molecule has 2 N–H and O–H groups in total. The van der Waals surface area contributed by atoms with Gasteiger partial charge in [0.2, 0.25) is 5.91 Å². The summed E-state index contributed by atoms with van der Waals surface area (Å²) in [6.45, 7) is 0.553. The number of carbonyl (C=O) groups excluding carboxylic acids is 1. The summed E-state index contributed by atoms with van der Waals surface area (Å²) in [5.74, 6) is -0.0621. The van der Waals surface area contributed by atoms with Crippen LogP contribution in [0.4, 0.5) is 5.69 Å². The number of β-lactam (4-membered cyclic amide) rings is 1. The molecule has 5 heteroatoms. The fraction of sp³-hybridized carbons (Fsp3) is 0.222. The molecule has 1 atom stereocenters. The Kier molecular flexibility index (Phi) is 2.51. The molecule has 1 aromatic carbocycles.